The van der Waals surface area contributed by atoms with E-state index in [2.05, 4.69) is 4.74 Å². The summed E-state index contributed by atoms with van der Waals surface area (Å²) < 4.78 is 4.59. The molecule has 1 aromatic carbocycles. The summed E-state index contributed by atoms with van der Waals surface area (Å²) in [6.07, 6.45) is -0.0960. The van der Waals surface area contributed by atoms with E-state index >= 15 is 0 Å². The number of methoxy groups -OCH3 is 1. The van der Waals surface area contributed by atoms with E-state index in [9.17, 15) is 9.59 Å². The molecule has 0 saturated carbocycles. The van der Waals surface area contributed by atoms with Gasteiger partial charge < -0.3 is 4.74 Å². The summed E-state index contributed by atoms with van der Waals surface area (Å²) in [5, 5.41) is 26.9. The summed E-state index contributed by atoms with van der Waals surface area (Å²) in [6.45, 7) is 0. The Morgan fingerprint density at radius 3 is 2.38 bits per heavy atom. The van der Waals surface area contributed by atoms with E-state index in [4.69, 9.17) is 15.8 Å². The number of rotatable bonds is 1. The molecule has 0 spiro atoms. The van der Waals surface area contributed by atoms with Crippen LogP contribution in [0.5, 0.6) is 0 Å². The molecule has 0 bridgehead atoms. The van der Waals surface area contributed by atoms with Crippen molar-refractivity contribution in [1.82, 2.24) is 0 Å². The molecule has 1 aliphatic rings. The summed E-state index contributed by atoms with van der Waals surface area (Å²) in [4.78, 5) is 23.6. The van der Waals surface area contributed by atoms with E-state index in [0.29, 0.717) is 5.56 Å². The minimum atomic E-state index is -0.719. The molecule has 0 fully saturated rings. The van der Waals surface area contributed by atoms with Crippen LogP contribution in [0.15, 0.2) is 17.7 Å². The van der Waals surface area contributed by atoms with Crippen LogP contribution in [-0.4, -0.2) is 18.9 Å². The zero-order chi connectivity index (χ0) is 15.6. The Bertz CT molecular complexity index is 813. The van der Waals surface area contributed by atoms with Gasteiger partial charge in [-0.05, 0) is 23.3 Å². The van der Waals surface area contributed by atoms with E-state index in [1.54, 1.807) is 12.1 Å². The molecule has 0 atom stereocenters. The Balaban J connectivity index is 2.80. The van der Waals surface area contributed by atoms with Gasteiger partial charge in [0.2, 0.25) is 0 Å². The number of allylic oxidation sites excluding steroid dienone is 2. The first-order chi connectivity index (χ1) is 10.1. The van der Waals surface area contributed by atoms with Gasteiger partial charge in [0.25, 0.3) is 0 Å². The van der Waals surface area contributed by atoms with Crippen molar-refractivity contribution in [3.63, 3.8) is 0 Å². The Morgan fingerprint density at radius 1 is 1.19 bits per heavy atom. The number of carbonyl (C=O) groups is 2. The van der Waals surface area contributed by atoms with Crippen LogP contribution in [0.25, 0.3) is 5.57 Å². The number of fused-ring (bicyclic) bond motifs is 1. The number of ketones is 1. The van der Waals surface area contributed by atoms with Crippen LogP contribution >= 0.6 is 0 Å². The molecule has 0 N–H and O–H groups in total. The van der Waals surface area contributed by atoms with Gasteiger partial charge in [-0.25, -0.2) is 4.79 Å². The van der Waals surface area contributed by atoms with Crippen LogP contribution in [0.1, 0.15) is 38.3 Å². The SMILES string of the molecule is COC(=O)c1cc2c(cc1C#N)C(=O)CC2=C(C#N)C#N. The molecule has 0 radical (unpaired) electrons. The number of nitriles is 3. The maximum absolute atomic E-state index is 12.0. The molecule has 1 aromatic rings. The first-order valence-corrected chi connectivity index (χ1v) is 5.80. The predicted molar refractivity (Wildman–Crippen MR) is 69.6 cm³/mol. The van der Waals surface area contributed by atoms with Gasteiger partial charge in [-0.3, -0.25) is 4.79 Å². The monoisotopic (exact) mass is 277 g/mol. The van der Waals surface area contributed by atoms with Gasteiger partial charge >= 0.3 is 5.97 Å². The standard InChI is InChI=1S/C15H7N3O3/c1-21-15(20)11-3-12-10(9(6-17)7-18)4-14(19)13(12)2-8(11)5-16/h2-3H,4H2,1H3. The van der Waals surface area contributed by atoms with Gasteiger partial charge in [0.05, 0.1) is 18.2 Å². The average molecular weight is 277 g/mol. The molecular weight excluding hydrogens is 270 g/mol. The molecule has 6 heteroatoms. The first-order valence-electron chi connectivity index (χ1n) is 5.80. The zero-order valence-corrected chi connectivity index (χ0v) is 10.9. The third kappa shape index (κ3) is 2.14. The van der Waals surface area contributed by atoms with Gasteiger partial charge in [0.1, 0.15) is 23.8 Å². The van der Waals surface area contributed by atoms with Crippen molar-refractivity contribution in [3.8, 4) is 18.2 Å². The zero-order valence-electron chi connectivity index (χ0n) is 10.9. The van der Waals surface area contributed by atoms with Crippen molar-refractivity contribution < 1.29 is 14.3 Å². The molecule has 0 unspecified atom stereocenters. The lowest BCUT2D eigenvalue weighted by Crippen LogP contribution is -2.06. The molecule has 0 aliphatic heterocycles. The lowest BCUT2D eigenvalue weighted by atomic mass is 9.97. The third-order valence-corrected chi connectivity index (χ3v) is 3.17. The van der Waals surface area contributed by atoms with Crippen LogP contribution in [0.3, 0.4) is 0 Å². The van der Waals surface area contributed by atoms with Gasteiger partial charge in [-0.1, -0.05) is 0 Å². The third-order valence-electron chi connectivity index (χ3n) is 3.17. The summed E-state index contributed by atoms with van der Waals surface area (Å²) in [6, 6.07) is 7.92. The fourth-order valence-electron chi connectivity index (χ4n) is 2.19. The number of carbonyl (C=O) groups excluding carboxylic acids is 2. The molecule has 2 rings (SSSR count). The molecule has 6 nitrogen and oxygen atoms in total. The maximum Gasteiger partial charge on any atom is 0.339 e. The second-order valence-electron chi connectivity index (χ2n) is 4.22. The fraction of sp³-hybridized carbons (Fsp3) is 0.133. The minimum Gasteiger partial charge on any atom is -0.465 e. The molecule has 0 aromatic heterocycles. The van der Waals surface area contributed by atoms with Gasteiger partial charge in [0.15, 0.2) is 5.78 Å². The van der Waals surface area contributed by atoms with Gasteiger partial charge in [-0.2, -0.15) is 15.8 Å². The maximum atomic E-state index is 12.0. The summed E-state index contributed by atoms with van der Waals surface area (Å²) in [5.74, 6) is -1.01. The smallest absolute Gasteiger partial charge is 0.339 e. The van der Waals surface area contributed by atoms with Crippen molar-refractivity contribution in [1.29, 1.82) is 15.8 Å². The topological polar surface area (TPSA) is 115 Å². The number of esters is 1. The second-order valence-corrected chi connectivity index (χ2v) is 4.22. The molecular formula is C15H7N3O3. The molecule has 100 valence electrons. The predicted octanol–water partition coefficient (Wildman–Crippen LogP) is 1.73. The Labute approximate surface area is 120 Å². The fourth-order valence-corrected chi connectivity index (χ4v) is 2.19. The highest BCUT2D eigenvalue weighted by Crippen LogP contribution is 2.36. The highest BCUT2D eigenvalue weighted by atomic mass is 16.5. The van der Waals surface area contributed by atoms with Crippen LogP contribution in [0.4, 0.5) is 0 Å². The van der Waals surface area contributed by atoms with Crippen molar-refractivity contribution in [2.45, 2.75) is 6.42 Å². The Morgan fingerprint density at radius 2 is 1.86 bits per heavy atom. The number of ether oxygens (including phenoxy) is 1. The van der Waals surface area contributed by atoms with Crippen LogP contribution < -0.4 is 0 Å². The normalized spacial score (nSPS) is 11.9. The van der Waals surface area contributed by atoms with E-state index < -0.39 is 5.97 Å². The molecule has 1 aliphatic carbocycles. The number of Topliss-reactive ketones (excluding diaryl/α,β-unsaturated/α-hetero) is 1. The van der Waals surface area contributed by atoms with Crippen molar-refractivity contribution >= 4 is 17.3 Å². The quantitative estimate of drug-likeness (QED) is 0.570. The van der Waals surface area contributed by atoms with E-state index in [-0.39, 0.29) is 40.0 Å². The molecule has 0 heterocycles. The first kappa shape index (κ1) is 14.0. The minimum absolute atomic E-state index is 0.00109. The number of benzene rings is 1. The average Bonchev–Trinajstić information content (AvgIpc) is 2.83. The highest BCUT2D eigenvalue weighted by Gasteiger charge is 2.30. The van der Waals surface area contributed by atoms with E-state index in [1.807, 2.05) is 6.07 Å². The number of hydrogen-bond donors (Lipinski definition) is 0. The number of nitrogens with zero attached hydrogens (tertiary/aromatic N) is 3. The summed E-state index contributed by atoms with van der Waals surface area (Å²) in [5.41, 5.74) is 0.679. The lowest BCUT2D eigenvalue weighted by molar-refractivity contribution is 0.0600. The number of hydrogen-bond acceptors (Lipinski definition) is 6. The summed E-state index contributed by atoms with van der Waals surface area (Å²) in [7, 11) is 1.18. The summed E-state index contributed by atoms with van der Waals surface area (Å²) >= 11 is 0. The molecule has 0 saturated heterocycles. The largest absolute Gasteiger partial charge is 0.465 e. The van der Waals surface area contributed by atoms with Crippen molar-refractivity contribution in [2.24, 2.45) is 0 Å². The van der Waals surface area contributed by atoms with Crippen LogP contribution in [-0.2, 0) is 4.74 Å². The highest BCUT2D eigenvalue weighted by molar-refractivity contribution is 6.14. The molecule has 21 heavy (non-hydrogen) atoms. The van der Waals surface area contributed by atoms with Crippen molar-refractivity contribution in [3.05, 3.63) is 40.0 Å². The van der Waals surface area contributed by atoms with E-state index in [1.165, 1.54) is 19.2 Å². The Hall–Kier alpha value is -3.43. The van der Waals surface area contributed by atoms with Crippen LogP contribution in [0, 0.1) is 34.0 Å². The lowest BCUT2D eigenvalue weighted by Gasteiger charge is -2.06. The second kappa shape index (κ2) is 5.28. The Kier molecular flexibility index (Phi) is 3.52. The van der Waals surface area contributed by atoms with Gasteiger partial charge in [-0.15, -0.1) is 0 Å². The van der Waals surface area contributed by atoms with Gasteiger partial charge in [0, 0.05) is 12.0 Å². The van der Waals surface area contributed by atoms with E-state index in [0.717, 1.165) is 0 Å². The van der Waals surface area contributed by atoms with Crippen LogP contribution in [0.2, 0.25) is 0 Å². The molecule has 0 amide bonds. The van der Waals surface area contributed by atoms with Crippen molar-refractivity contribution in [2.75, 3.05) is 7.11 Å².